The molecule has 1 amide bonds. The molecule has 0 atom stereocenters. The SMILES string of the molecule is Nc1ccc(C(=O)NCc2ccccn2)o1. The quantitative estimate of drug-likeness (QED) is 0.809. The van der Waals surface area contributed by atoms with Gasteiger partial charge in [0.1, 0.15) is 0 Å². The summed E-state index contributed by atoms with van der Waals surface area (Å²) in [5.41, 5.74) is 6.15. The molecule has 2 aromatic heterocycles. The van der Waals surface area contributed by atoms with Crippen LogP contribution in [0.4, 0.5) is 5.88 Å². The summed E-state index contributed by atoms with van der Waals surface area (Å²) in [6.07, 6.45) is 1.67. The Labute approximate surface area is 92.3 Å². The number of pyridine rings is 1. The van der Waals surface area contributed by atoms with Crippen molar-refractivity contribution in [3.05, 3.63) is 48.0 Å². The molecule has 82 valence electrons. The van der Waals surface area contributed by atoms with Crippen molar-refractivity contribution in [2.45, 2.75) is 6.54 Å². The molecule has 5 nitrogen and oxygen atoms in total. The van der Waals surface area contributed by atoms with Gasteiger partial charge in [0.05, 0.1) is 12.2 Å². The number of hydrogen-bond donors (Lipinski definition) is 2. The zero-order valence-corrected chi connectivity index (χ0v) is 8.51. The first-order valence-corrected chi connectivity index (χ1v) is 4.79. The largest absolute Gasteiger partial charge is 0.436 e. The highest BCUT2D eigenvalue weighted by atomic mass is 16.4. The van der Waals surface area contributed by atoms with E-state index in [9.17, 15) is 4.79 Å². The highest BCUT2D eigenvalue weighted by Gasteiger charge is 2.09. The Bertz CT molecular complexity index is 479. The van der Waals surface area contributed by atoms with Crippen LogP contribution in [0.2, 0.25) is 0 Å². The number of nitrogens with one attached hydrogen (secondary N) is 1. The molecular formula is C11H11N3O2. The van der Waals surface area contributed by atoms with E-state index in [-0.39, 0.29) is 17.6 Å². The van der Waals surface area contributed by atoms with E-state index in [1.54, 1.807) is 6.20 Å². The number of anilines is 1. The zero-order chi connectivity index (χ0) is 11.4. The normalized spacial score (nSPS) is 10.0. The second kappa shape index (κ2) is 4.48. The van der Waals surface area contributed by atoms with Crippen LogP contribution in [0.5, 0.6) is 0 Å². The zero-order valence-electron chi connectivity index (χ0n) is 8.51. The summed E-state index contributed by atoms with van der Waals surface area (Å²) in [7, 11) is 0. The Kier molecular flexibility index (Phi) is 2.86. The van der Waals surface area contributed by atoms with Crippen LogP contribution < -0.4 is 11.1 Å². The second-order valence-electron chi connectivity index (χ2n) is 3.21. The number of hydrogen-bond acceptors (Lipinski definition) is 4. The average molecular weight is 217 g/mol. The van der Waals surface area contributed by atoms with Gasteiger partial charge in [0, 0.05) is 12.3 Å². The molecule has 0 spiro atoms. The van der Waals surface area contributed by atoms with E-state index in [4.69, 9.17) is 10.2 Å². The van der Waals surface area contributed by atoms with Gasteiger partial charge in [-0.3, -0.25) is 9.78 Å². The molecule has 0 aliphatic rings. The van der Waals surface area contributed by atoms with Crippen LogP contribution in [-0.2, 0) is 6.54 Å². The smallest absolute Gasteiger partial charge is 0.287 e. The molecule has 0 saturated heterocycles. The van der Waals surface area contributed by atoms with Gasteiger partial charge in [-0.25, -0.2) is 0 Å². The van der Waals surface area contributed by atoms with E-state index in [0.717, 1.165) is 5.69 Å². The fourth-order valence-electron chi connectivity index (χ4n) is 1.24. The van der Waals surface area contributed by atoms with E-state index in [0.29, 0.717) is 6.54 Å². The van der Waals surface area contributed by atoms with Crippen molar-refractivity contribution in [1.29, 1.82) is 0 Å². The first-order valence-electron chi connectivity index (χ1n) is 4.79. The summed E-state index contributed by atoms with van der Waals surface area (Å²) < 4.78 is 4.98. The van der Waals surface area contributed by atoms with Gasteiger partial charge >= 0.3 is 0 Å². The summed E-state index contributed by atoms with van der Waals surface area (Å²) >= 11 is 0. The minimum atomic E-state index is -0.303. The van der Waals surface area contributed by atoms with Crippen molar-refractivity contribution in [2.75, 3.05) is 5.73 Å². The molecule has 2 rings (SSSR count). The summed E-state index contributed by atoms with van der Waals surface area (Å²) in [6, 6.07) is 8.58. The molecule has 2 heterocycles. The van der Waals surface area contributed by atoms with Crippen LogP contribution in [0.1, 0.15) is 16.2 Å². The van der Waals surface area contributed by atoms with Gasteiger partial charge in [-0.2, -0.15) is 0 Å². The van der Waals surface area contributed by atoms with Crippen LogP contribution in [0, 0.1) is 0 Å². The van der Waals surface area contributed by atoms with Gasteiger partial charge < -0.3 is 15.5 Å². The summed E-state index contributed by atoms with van der Waals surface area (Å²) in [5.74, 6) is 0.124. The topological polar surface area (TPSA) is 81.2 Å². The van der Waals surface area contributed by atoms with Gasteiger partial charge in [0.25, 0.3) is 5.91 Å². The molecule has 2 aromatic rings. The van der Waals surface area contributed by atoms with E-state index in [2.05, 4.69) is 10.3 Å². The number of nitrogens with zero attached hydrogens (tertiary/aromatic N) is 1. The maximum Gasteiger partial charge on any atom is 0.287 e. The lowest BCUT2D eigenvalue weighted by Gasteiger charge is -2.01. The van der Waals surface area contributed by atoms with Gasteiger partial charge in [-0.1, -0.05) is 6.07 Å². The number of furan rings is 1. The first kappa shape index (κ1) is 10.2. The Hall–Kier alpha value is -2.30. The third kappa shape index (κ3) is 2.38. The summed E-state index contributed by atoms with van der Waals surface area (Å²) in [5, 5.41) is 2.68. The lowest BCUT2D eigenvalue weighted by atomic mass is 10.3. The number of aromatic nitrogens is 1. The standard InChI is InChI=1S/C11H11N3O2/c12-10-5-4-9(16-10)11(15)14-7-8-3-1-2-6-13-8/h1-6H,7,12H2,(H,14,15). The van der Waals surface area contributed by atoms with E-state index >= 15 is 0 Å². The lowest BCUT2D eigenvalue weighted by Crippen LogP contribution is -2.22. The fraction of sp³-hybridized carbons (Fsp3) is 0.0909. The Morgan fingerprint density at radius 3 is 2.88 bits per heavy atom. The molecule has 0 aliphatic carbocycles. The fourth-order valence-corrected chi connectivity index (χ4v) is 1.24. The van der Waals surface area contributed by atoms with Crippen LogP contribution in [0.3, 0.4) is 0 Å². The van der Waals surface area contributed by atoms with Gasteiger partial charge in [0.15, 0.2) is 11.6 Å². The van der Waals surface area contributed by atoms with Gasteiger partial charge in [-0.15, -0.1) is 0 Å². The molecular weight excluding hydrogens is 206 g/mol. The van der Waals surface area contributed by atoms with Crippen molar-refractivity contribution in [3.63, 3.8) is 0 Å². The molecule has 5 heteroatoms. The van der Waals surface area contributed by atoms with E-state index < -0.39 is 0 Å². The molecule has 0 aliphatic heterocycles. The number of amides is 1. The highest BCUT2D eigenvalue weighted by Crippen LogP contribution is 2.08. The molecule has 0 bridgehead atoms. The van der Waals surface area contributed by atoms with E-state index in [1.165, 1.54) is 12.1 Å². The van der Waals surface area contributed by atoms with Crippen molar-refractivity contribution in [2.24, 2.45) is 0 Å². The number of rotatable bonds is 3. The highest BCUT2D eigenvalue weighted by molar-refractivity contribution is 5.91. The number of carbonyl (C=O) groups excluding carboxylic acids is 1. The molecule has 16 heavy (non-hydrogen) atoms. The Morgan fingerprint density at radius 2 is 2.25 bits per heavy atom. The van der Waals surface area contributed by atoms with Crippen LogP contribution in [0.25, 0.3) is 0 Å². The van der Waals surface area contributed by atoms with E-state index in [1.807, 2.05) is 18.2 Å². The molecule has 0 fully saturated rings. The Balaban J connectivity index is 1.94. The predicted molar refractivity (Wildman–Crippen MR) is 58.5 cm³/mol. The van der Waals surface area contributed by atoms with Crippen molar-refractivity contribution in [1.82, 2.24) is 10.3 Å². The first-order chi connectivity index (χ1) is 7.75. The second-order valence-corrected chi connectivity index (χ2v) is 3.21. The summed E-state index contributed by atoms with van der Waals surface area (Å²) in [6.45, 7) is 0.361. The predicted octanol–water partition coefficient (Wildman–Crippen LogP) is 1.19. The van der Waals surface area contributed by atoms with Gasteiger partial charge in [0.2, 0.25) is 0 Å². The van der Waals surface area contributed by atoms with Crippen molar-refractivity contribution in [3.8, 4) is 0 Å². The third-order valence-electron chi connectivity index (χ3n) is 2.01. The van der Waals surface area contributed by atoms with Crippen LogP contribution in [-0.4, -0.2) is 10.9 Å². The number of nitrogens with two attached hydrogens (primary N) is 1. The summed E-state index contributed by atoms with van der Waals surface area (Å²) in [4.78, 5) is 15.6. The van der Waals surface area contributed by atoms with Crippen LogP contribution in [0.15, 0.2) is 40.9 Å². The molecule has 0 saturated carbocycles. The number of carbonyl (C=O) groups is 1. The minimum absolute atomic E-state index is 0.202. The minimum Gasteiger partial charge on any atom is -0.436 e. The van der Waals surface area contributed by atoms with Gasteiger partial charge in [-0.05, 0) is 18.2 Å². The number of nitrogen functional groups attached to an aromatic ring is 1. The molecule has 0 aromatic carbocycles. The third-order valence-corrected chi connectivity index (χ3v) is 2.01. The maximum atomic E-state index is 11.5. The molecule has 3 N–H and O–H groups in total. The average Bonchev–Trinajstić information content (AvgIpc) is 2.74. The lowest BCUT2D eigenvalue weighted by molar-refractivity contribution is 0.0923. The maximum absolute atomic E-state index is 11.5. The molecule has 0 unspecified atom stereocenters. The van der Waals surface area contributed by atoms with Crippen LogP contribution >= 0.6 is 0 Å². The Morgan fingerprint density at radius 1 is 1.38 bits per heavy atom. The van der Waals surface area contributed by atoms with Crippen molar-refractivity contribution < 1.29 is 9.21 Å². The molecule has 0 radical (unpaired) electrons. The monoisotopic (exact) mass is 217 g/mol. The van der Waals surface area contributed by atoms with Crippen molar-refractivity contribution >= 4 is 11.8 Å².